The molecule has 102 valence electrons. The zero-order valence-electron chi connectivity index (χ0n) is 11.1. The number of amides is 1. The lowest BCUT2D eigenvalue weighted by atomic mass is 10.2. The van der Waals surface area contributed by atoms with Crippen LogP contribution in [-0.2, 0) is 11.3 Å². The molecule has 20 heavy (non-hydrogen) atoms. The lowest BCUT2D eigenvalue weighted by Gasteiger charge is -2.07. The van der Waals surface area contributed by atoms with Gasteiger partial charge in [0.1, 0.15) is 6.54 Å². The Kier molecular flexibility index (Phi) is 4.01. The molecule has 0 radical (unpaired) electrons. The minimum absolute atomic E-state index is 0.0220. The molecule has 5 nitrogen and oxygen atoms in total. The molecular weight excluding hydrogens is 274 g/mol. The molecule has 0 bridgehead atoms. The second-order valence-electron chi connectivity index (χ2n) is 4.34. The Hall–Kier alpha value is -2.39. The Morgan fingerprint density at radius 2 is 2.20 bits per heavy atom. The van der Waals surface area contributed by atoms with Crippen LogP contribution in [0.5, 0.6) is 0 Å². The van der Waals surface area contributed by atoms with Crippen molar-refractivity contribution >= 4 is 22.9 Å². The maximum absolute atomic E-state index is 11.9. The summed E-state index contributed by atoms with van der Waals surface area (Å²) in [6.07, 6.45) is 0. The van der Waals surface area contributed by atoms with Crippen molar-refractivity contribution in [1.29, 1.82) is 5.26 Å². The van der Waals surface area contributed by atoms with Crippen molar-refractivity contribution in [2.75, 3.05) is 5.32 Å². The molecule has 1 aromatic heterocycles. The summed E-state index contributed by atoms with van der Waals surface area (Å²) in [5, 5.41) is 11.5. The van der Waals surface area contributed by atoms with Gasteiger partial charge in [-0.3, -0.25) is 14.2 Å². The van der Waals surface area contributed by atoms with Crippen LogP contribution in [0.3, 0.4) is 0 Å². The molecule has 0 saturated carbocycles. The van der Waals surface area contributed by atoms with Gasteiger partial charge in [-0.25, -0.2) is 0 Å². The van der Waals surface area contributed by atoms with Crippen LogP contribution in [0.1, 0.15) is 16.1 Å². The Balaban J connectivity index is 2.13. The van der Waals surface area contributed by atoms with E-state index < -0.39 is 0 Å². The second-order valence-corrected chi connectivity index (χ2v) is 5.50. The highest BCUT2D eigenvalue weighted by molar-refractivity contribution is 7.09. The van der Waals surface area contributed by atoms with Crippen molar-refractivity contribution in [3.63, 3.8) is 0 Å². The van der Waals surface area contributed by atoms with Crippen molar-refractivity contribution < 1.29 is 4.79 Å². The number of nitrogens with zero attached hydrogens (tertiary/aromatic N) is 2. The Morgan fingerprint density at radius 1 is 1.45 bits per heavy atom. The number of hydrogen-bond acceptors (Lipinski definition) is 4. The molecule has 1 amide bonds. The molecule has 0 aliphatic carbocycles. The maximum atomic E-state index is 11.9. The molecule has 0 aliphatic heterocycles. The summed E-state index contributed by atoms with van der Waals surface area (Å²) >= 11 is 1.13. The smallest absolute Gasteiger partial charge is 0.308 e. The summed E-state index contributed by atoms with van der Waals surface area (Å²) in [4.78, 5) is 24.4. The van der Waals surface area contributed by atoms with Crippen molar-refractivity contribution in [2.45, 2.75) is 20.4 Å². The average molecular weight is 287 g/mol. The summed E-state index contributed by atoms with van der Waals surface area (Å²) in [5.74, 6) is -0.289. The number of hydrogen-bond donors (Lipinski definition) is 1. The van der Waals surface area contributed by atoms with Gasteiger partial charge in [-0.2, -0.15) is 5.26 Å². The van der Waals surface area contributed by atoms with Crippen molar-refractivity contribution in [3.05, 3.63) is 50.1 Å². The van der Waals surface area contributed by atoms with Gasteiger partial charge in [0.2, 0.25) is 5.91 Å². The number of anilines is 1. The van der Waals surface area contributed by atoms with Crippen LogP contribution in [0.15, 0.2) is 29.1 Å². The number of nitriles is 1. The number of aryl methyl sites for hydroxylation is 1. The second kappa shape index (κ2) is 5.72. The molecular formula is C14H13N3O2S. The van der Waals surface area contributed by atoms with Gasteiger partial charge < -0.3 is 5.32 Å². The number of benzene rings is 1. The van der Waals surface area contributed by atoms with Gasteiger partial charge in [-0.05, 0) is 32.0 Å². The van der Waals surface area contributed by atoms with Gasteiger partial charge in [0.05, 0.1) is 11.6 Å². The van der Waals surface area contributed by atoms with Crippen LogP contribution >= 0.6 is 11.3 Å². The summed E-state index contributed by atoms with van der Waals surface area (Å²) in [6.45, 7) is 3.65. The molecule has 1 aromatic carbocycles. The summed E-state index contributed by atoms with van der Waals surface area (Å²) in [6, 6.07) is 8.65. The highest BCUT2D eigenvalue weighted by Crippen LogP contribution is 2.11. The summed E-state index contributed by atoms with van der Waals surface area (Å²) in [7, 11) is 0. The first kappa shape index (κ1) is 14.0. The van der Waals surface area contributed by atoms with E-state index in [4.69, 9.17) is 5.26 Å². The molecule has 0 fully saturated rings. The van der Waals surface area contributed by atoms with Crippen LogP contribution in [0.25, 0.3) is 0 Å². The van der Waals surface area contributed by atoms with Crippen molar-refractivity contribution in [2.24, 2.45) is 0 Å². The van der Waals surface area contributed by atoms with E-state index in [1.165, 1.54) is 4.57 Å². The number of aromatic nitrogens is 1. The predicted octanol–water partition coefficient (Wildman–Crippen LogP) is 2.04. The minimum Gasteiger partial charge on any atom is -0.324 e. The van der Waals surface area contributed by atoms with Crippen molar-refractivity contribution in [3.8, 4) is 6.07 Å². The molecule has 2 rings (SSSR count). The van der Waals surface area contributed by atoms with E-state index in [1.54, 1.807) is 24.3 Å². The SMILES string of the molecule is Cc1sc(=O)n(CC(=O)Nc2cccc(C#N)c2)c1C. The lowest BCUT2D eigenvalue weighted by molar-refractivity contribution is -0.116. The maximum Gasteiger partial charge on any atom is 0.308 e. The highest BCUT2D eigenvalue weighted by Gasteiger charge is 2.11. The van der Waals surface area contributed by atoms with E-state index in [0.717, 1.165) is 21.9 Å². The third-order valence-electron chi connectivity index (χ3n) is 2.95. The van der Waals surface area contributed by atoms with Crippen LogP contribution in [0, 0.1) is 25.2 Å². The summed E-state index contributed by atoms with van der Waals surface area (Å²) < 4.78 is 1.45. The van der Waals surface area contributed by atoms with E-state index in [0.29, 0.717) is 11.3 Å². The number of rotatable bonds is 3. The quantitative estimate of drug-likeness (QED) is 0.938. The Bertz CT molecular complexity index is 753. The zero-order valence-corrected chi connectivity index (χ0v) is 12.0. The first-order valence-electron chi connectivity index (χ1n) is 5.98. The third-order valence-corrected chi connectivity index (χ3v) is 3.95. The monoisotopic (exact) mass is 287 g/mol. The number of carbonyl (C=O) groups excluding carboxylic acids is 1. The zero-order chi connectivity index (χ0) is 14.7. The molecule has 0 aliphatic rings. The van der Waals surface area contributed by atoms with Gasteiger partial charge in [0, 0.05) is 16.3 Å². The fourth-order valence-corrected chi connectivity index (χ4v) is 2.61. The van der Waals surface area contributed by atoms with E-state index in [2.05, 4.69) is 5.32 Å². The van der Waals surface area contributed by atoms with Gasteiger partial charge in [0.25, 0.3) is 0 Å². The van der Waals surface area contributed by atoms with Crippen LogP contribution in [-0.4, -0.2) is 10.5 Å². The van der Waals surface area contributed by atoms with Crippen LogP contribution in [0.4, 0.5) is 5.69 Å². The molecule has 6 heteroatoms. The largest absolute Gasteiger partial charge is 0.324 e. The topological polar surface area (TPSA) is 74.9 Å². The van der Waals surface area contributed by atoms with Gasteiger partial charge in [-0.15, -0.1) is 0 Å². The fraction of sp³-hybridized carbons (Fsp3) is 0.214. The number of nitrogens with one attached hydrogen (secondary N) is 1. The van der Waals surface area contributed by atoms with Gasteiger partial charge in [0.15, 0.2) is 0 Å². The van der Waals surface area contributed by atoms with Gasteiger partial charge >= 0.3 is 4.87 Å². The van der Waals surface area contributed by atoms with E-state index in [9.17, 15) is 9.59 Å². The molecule has 0 spiro atoms. The average Bonchev–Trinajstić information content (AvgIpc) is 2.65. The normalized spacial score (nSPS) is 10.1. The Labute approximate surface area is 120 Å². The van der Waals surface area contributed by atoms with E-state index in [1.807, 2.05) is 19.9 Å². The minimum atomic E-state index is -0.289. The molecule has 1 heterocycles. The number of carbonyl (C=O) groups is 1. The molecule has 0 unspecified atom stereocenters. The molecule has 1 N–H and O–H groups in total. The molecule has 0 saturated heterocycles. The molecule has 0 atom stereocenters. The standard InChI is InChI=1S/C14H13N3O2S/c1-9-10(2)20-14(19)17(9)8-13(18)16-12-5-3-4-11(6-12)7-15/h3-6H,8H2,1-2H3,(H,16,18). The first-order chi connectivity index (χ1) is 9.51. The highest BCUT2D eigenvalue weighted by atomic mass is 32.1. The van der Waals surface area contributed by atoms with Crippen LogP contribution in [0.2, 0.25) is 0 Å². The Morgan fingerprint density at radius 3 is 2.80 bits per heavy atom. The number of thiazole rings is 1. The molecule has 2 aromatic rings. The van der Waals surface area contributed by atoms with Crippen LogP contribution < -0.4 is 10.2 Å². The van der Waals surface area contributed by atoms with Crippen molar-refractivity contribution in [1.82, 2.24) is 4.57 Å². The first-order valence-corrected chi connectivity index (χ1v) is 6.79. The van der Waals surface area contributed by atoms with E-state index in [-0.39, 0.29) is 17.3 Å². The summed E-state index contributed by atoms with van der Waals surface area (Å²) in [5.41, 5.74) is 1.83. The fourth-order valence-electron chi connectivity index (χ4n) is 1.78. The van der Waals surface area contributed by atoms with Gasteiger partial charge in [-0.1, -0.05) is 17.4 Å². The lowest BCUT2D eigenvalue weighted by Crippen LogP contribution is -2.25. The third kappa shape index (κ3) is 2.95. The predicted molar refractivity (Wildman–Crippen MR) is 77.8 cm³/mol. The van der Waals surface area contributed by atoms with E-state index >= 15 is 0 Å².